The molecule has 36 heavy (non-hydrogen) atoms. The summed E-state index contributed by atoms with van der Waals surface area (Å²) in [5, 5.41) is 21.5. The number of carbonyl (C=O) groups excluding carboxylic acids is 1. The normalized spacial score (nSPS) is 25.2. The molecule has 5 heterocycles. The lowest BCUT2D eigenvalue weighted by molar-refractivity contribution is -0.116. The molecule has 0 bridgehead atoms. The fourth-order valence-electron chi connectivity index (χ4n) is 5.94. The summed E-state index contributed by atoms with van der Waals surface area (Å²) in [6.45, 7) is 5.15. The van der Waals surface area contributed by atoms with Crippen LogP contribution in [0.2, 0.25) is 0 Å². The highest BCUT2D eigenvalue weighted by atomic mass is 32.1. The van der Waals surface area contributed by atoms with Crippen molar-refractivity contribution in [1.82, 2.24) is 25.5 Å². The average molecular weight is 527 g/mol. The van der Waals surface area contributed by atoms with Crippen molar-refractivity contribution < 1.29 is 14.7 Å². The summed E-state index contributed by atoms with van der Waals surface area (Å²) in [5.74, 6) is 1.51. The number of carbonyl (C=O) groups is 2. The van der Waals surface area contributed by atoms with Gasteiger partial charge in [0.05, 0.1) is 17.4 Å². The zero-order valence-electron chi connectivity index (χ0n) is 20.1. The van der Waals surface area contributed by atoms with Gasteiger partial charge in [0, 0.05) is 41.7 Å². The molecule has 2 aliphatic heterocycles. The molecule has 1 aliphatic carbocycles. The Bertz CT molecular complexity index is 1260. The van der Waals surface area contributed by atoms with Crippen molar-refractivity contribution in [2.45, 2.75) is 51.2 Å². The minimum Gasteiger partial charge on any atom is -0.465 e. The van der Waals surface area contributed by atoms with E-state index in [1.807, 2.05) is 13.0 Å². The van der Waals surface area contributed by atoms with E-state index in [1.165, 1.54) is 29.1 Å². The minimum atomic E-state index is -0.919. The molecule has 4 atom stereocenters. The van der Waals surface area contributed by atoms with Gasteiger partial charge in [-0.25, -0.2) is 9.78 Å². The summed E-state index contributed by atoms with van der Waals surface area (Å²) >= 11 is 3.05. The number of carboxylic acid groups (broad SMARTS) is 1. The van der Waals surface area contributed by atoms with Gasteiger partial charge in [-0.2, -0.15) is 0 Å². The SMILES string of the molecule is C[C@H]1Cc2c(sc(NC(=O)CCNC3C[C@H]4CNC[C@H]4C3)c2-c2nc3cnccc3s2)CN1C(=O)O. The number of anilines is 1. The molecule has 3 aliphatic rings. The van der Waals surface area contributed by atoms with Crippen molar-refractivity contribution in [2.75, 3.05) is 25.0 Å². The summed E-state index contributed by atoms with van der Waals surface area (Å²) in [6.07, 6.45) is 5.95. The van der Waals surface area contributed by atoms with Gasteiger partial charge in [-0.3, -0.25) is 9.78 Å². The molecule has 190 valence electrons. The van der Waals surface area contributed by atoms with Gasteiger partial charge in [0.25, 0.3) is 0 Å². The Balaban J connectivity index is 1.21. The van der Waals surface area contributed by atoms with Crippen LogP contribution in [0.4, 0.5) is 9.80 Å². The molecule has 11 heteroatoms. The zero-order chi connectivity index (χ0) is 24.8. The van der Waals surface area contributed by atoms with Crippen LogP contribution in [0.15, 0.2) is 18.5 Å². The maximum Gasteiger partial charge on any atom is 0.407 e. The van der Waals surface area contributed by atoms with E-state index in [4.69, 9.17) is 4.98 Å². The Morgan fingerprint density at radius 1 is 1.25 bits per heavy atom. The first kappa shape index (κ1) is 23.8. The lowest BCUT2D eigenvalue weighted by Gasteiger charge is -2.31. The fraction of sp³-hybridized carbons (Fsp3) is 0.520. The standard InChI is InChI=1S/C25H30N6O3S2/c1-13-6-17-20(12-31(13)25(33)34)36-24(22(17)23-29-18-11-26-4-2-19(18)35-23)30-21(32)3-5-28-16-7-14-9-27-10-15(14)8-16/h2,4,11,13-16,27-28H,3,5-10,12H2,1H3,(H,30,32)(H,33,34)/t13-,14-,15+,16?/m0/s1. The van der Waals surface area contributed by atoms with Crippen LogP contribution in [0.3, 0.4) is 0 Å². The van der Waals surface area contributed by atoms with Crippen LogP contribution in [-0.2, 0) is 17.8 Å². The topological polar surface area (TPSA) is 119 Å². The van der Waals surface area contributed by atoms with Crippen LogP contribution < -0.4 is 16.0 Å². The highest BCUT2D eigenvalue weighted by Gasteiger charge is 2.37. The second-order valence-corrected chi connectivity index (χ2v) is 12.3. The second kappa shape index (κ2) is 9.70. The van der Waals surface area contributed by atoms with Crippen molar-refractivity contribution in [3.63, 3.8) is 0 Å². The molecule has 2 fully saturated rings. The molecule has 1 saturated carbocycles. The van der Waals surface area contributed by atoms with E-state index >= 15 is 0 Å². The number of pyridine rings is 1. The monoisotopic (exact) mass is 526 g/mol. The third-order valence-corrected chi connectivity index (χ3v) is 9.96. The third kappa shape index (κ3) is 4.49. The van der Waals surface area contributed by atoms with Crippen LogP contribution in [-0.4, -0.2) is 63.7 Å². The molecule has 0 aromatic carbocycles. The summed E-state index contributed by atoms with van der Waals surface area (Å²) < 4.78 is 1.04. The molecule has 4 N–H and O–H groups in total. The maximum atomic E-state index is 13.0. The van der Waals surface area contributed by atoms with Gasteiger partial charge in [-0.15, -0.1) is 22.7 Å². The molecule has 9 nitrogen and oxygen atoms in total. The zero-order valence-corrected chi connectivity index (χ0v) is 21.8. The predicted octanol–water partition coefficient (Wildman–Crippen LogP) is 3.76. The number of nitrogens with one attached hydrogen (secondary N) is 3. The summed E-state index contributed by atoms with van der Waals surface area (Å²) in [7, 11) is 0. The molecule has 1 unspecified atom stereocenters. The van der Waals surface area contributed by atoms with Crippen molar-refractivity contribution in [2.24, 2.45) is 11.8 Å². The number of fused-ring (bicyclic) bond motifs is 3. The molecular weight excluding hydrogens is 496 g/mol. The highest BCUT2D eigenvalue weighted by Crippen LogP contribution is 2.46. The largest absolute Gasteiger partial charge is 0.465 e. The van der Waals surface area contributed by atoms with Crippen LogP contribution >= 0.6 is 22.7 Å². The first-order valence-corrected chi connectivity index (χ1v) is 14.2. The molecular formula is C25H30N6O3S2. The Hall–Kier alpha value is -2.60. The molecule has 1 saturated heterocycles. The molecule has 2 amide bonds. The smallest absolute Gasteiger partial charge is 0.407 e. The summed E-state index contributed by atoms with van der Waals surface area (Å²) in [6, 6.07) is 2.30. The van der Waals surface area contributed by atoms with Gasteiger partial charge in [0.1, 0.15) is 15.5 Å². The van der Waals surface area contributed by atoms with E-state index in [0.717, 1.165) is 61.2 Å². The Morgan fingerprint density at radius 2 is 2.06 bits per heavy atom. The second-order valence-electron chi connectivity index (χ2n) is 10.1. The Morgan fingerprint density at radius 3 is 2.81 bits per heavy atom. The van der Waals surface area contributed by atoms with Crippen molar-refractivity contribution in [1.29, 1.82) is 0 Å². The first-order chi connectivity index (χ1) is 17.5. The average Bonchev–Trinajstić information content (AvgIpc) is 3.59. The maximum absolute atomic E-state index is 13.0. The number of thiophene rings is 1. The van der Waals surface area contributed by atoms with Crippen molar-refractivity contribution in [3.05, 3.63) is 28.9 Å². The van der Waals surface area contributed by atoms with Crippen LogP contribution in [0.1, 0.15) is 36.6 Å². The van der Waals surface area contributed by atoms with E-state index in [1.54, 1.807) is 23.7 Å². The number of aromatic nitrogens is 2. The summed E-state index contributed by atoms with van der Waals surface area (Å²) in [5.41, 5.74) is 2.86. The molecule has 6 rings (SSSR count). The van der Waals surface area contributed by atoms with E-state index in [9.17, 15) is 14.7 Å². The quantitative estimate of drug-likeness (QED) is 0.386. The number of hydrogen-bond acceptors (Lipinski definition) is 8. The van der Waals surface area contributed by atoms with Crippen molar-refractivity contribution in [3.8, 4) is 10.6 Å². The third-order valence-electron chi connectivity index (χ3n) is 7.78. The van der Waals surface area contributed by atoms with Crippen LogP contribution in [0, 0.1) is 11.8 Å². The highest BCUT2D eigenvalue weighted by molar-refractivity contribution is 7.22. The van der Waals surface area contributed by atoms with Crippen LogP contribution in [0.25, 0.3) is 20.8 Å². The molecule has 3 aromatic heterocycles. The number of rotatable bonds is 6. The van der Waals surface area contributed by atoms with Gasteiger partial charge in [0.15, 0.2) is 0 Å². The number of thiazole rings is 1. The van der Waals surface area contributed by atoms with Crippen molar-refractivity contribution >= 4 is 49.9 Å². The fourth-order valence-corrected chi connectivity index (χ4v) is 8.26. The van der Waals surface area contributed by atoms with E-state index in [2.05, 4.69) is 20.9 Å². The van der Waals surface area contributed by atoms with Gasteiger partial charge in [-0.1, -0.05) is 0 Å². The molecule has 0 spiro atoms. The van der Waals surface area contributed by atoms with E-state index in [0.29, 0.717) is 32.0 Å². The van der Waals surface area contributed by atoms with Gasteiger partial charge in [0.2, 0.25) is 5.91 Å². The van der Waals surface area contributed by atoms with Gasteiger partial charge < -0.3 is 26.0 Å². The molecule has 3 aromatic rings. The van der Waals surface area contributed by atoms with Gasteiger partial charge in [-0.05, 0) is 62.7 Å². The Labute approximate surface area is 217 Å². The van der Waals surface area contributed by atoms with E-state index < -0.39 is 6.09 Å². The lowest BCUT2D eigenvalue weighted by atomic mass is 9.98. The lowest BCUT2D eigenvalue weighted by Crippen LogP contribution is -2.41. The number of hydrogen-bond donors (Lipinski definition) is 4. The first-order valence-electron chi connectivity index (χ1n) is 12.5. The number of amides is 2. The van der Waals surface area contributed by atoms with E-state index in [-0.39, 0.29) is 11.9 Å². The predicted molar refractivity (Wildman–Crippen MR) is 142 cm³/mol. The summed E-state index contributed by atoms with van der Waals surface area (Å²) in [4.78, 5) is 36.2. The minimum absolute atomic E-state index is 0.0341. The Kier molecular flexibility index (Phi) is 6.40. The van der Waals surface area contributed by atoms with Crippen LogP contribution in [0.5, 0.6) is 0 Å². The van der Waals surface area contributed by atoms with Gasteiger partial charge >= 0.3 is 6.09 Å². The number of nitrogens with zero attached hydrogens (tertiary/aromatic N) is 3. The molecule has 0 radical (unpaired) electrons.